The topological polar surface area (TPSA) is 131 Å². The molecule has 1 atom stereocenters. The average molecular weight is 573 g/mol. The molecule has 0 saturated heterocycles. The minimum atomic E-state index is -5.48. The van der Waals surface area contributed by atoms with Crippen molar-refractivity contribution in [3.8, 4) is 11.4 Å². The highest BCUT2D eigenvalue weighted by molar-refractivity contribution is 6.07. The summed E-state index contributed by atoms with van der Waals surface area (Å²) in [5, 5.41) is 19.4. The molecule has 0 radical (unpaired) electrons. The summed E-state index contributed by atoms with van der Waals surface area (Å²) < 4.78 is 86.8. The number of alkyl halides is 6. The average Bonchev–Trinajstić information content (AvgIpc) is 3.05. The number of benzene rings is 2. The molecule has 0 saturated carbocycles. The standard InChI is InChI=1S/C24H17F6N3O7/c1-11-12(4-3-5-14(11)23(25,26)27)9-33-18(34)17(40-21(37)38)10-32(20(33)36)13-6-7-16-15(8-13)22(39,24(28,29)30)19(35)31(16)2/h3-8,10,39H,9H2,1-2H3,(H,37,38). The molecule has 16 heteroatoms. The molecule has 40 heavy (non-hydrogen) atoms. The van der Waals surface area contributed by atoms with Gasteiger partial charge >= 0.3 is 24.2 Å². The van der Waals surface area contributed by atoms with Crippen LogP contribution in [0.1, 0.15) is 22.3 Å². The predicted octanol–water partition coefficient (Wildman–Crippen LogP) is 3.16. The molecule has 2 aromatic carbocycles. The highest BCUT2D eigenvalue weighted by Crippen LogP contribution is 2.49. The molecule has 1 aromatic heterocycles. The quantitative estimate of drug-likeness (QED) is 0.362. The van der Waals surface area contributed by atoms with Gasteiger partial charge in [0.1, 0.15) is 0 Å². The number of carboxylic acid groups (broad SMARTS) is 1. The lowest BCUT2D eigenvalue weighted by molar-refractivity contribution is -0.253. The van der Waals surface area contributed by atoms with Crippen LogP contribution in [0.4, 0.5) is 36.8 Å². The van der Waals surface area contributed by atoms with Crippen molar-refractivity contribution < 1.29 is 50.9 Å². The van der Waals surface area contributed by atoms with Crippen LogP contribution in [0.15, 0.2) is 52.2 Å². The van der Waals surface area contributed by atoms with Gasteiger partial charge in [0.25, 0.3) is 17.1 Å². The Morgan fingerprint density at radius 1 is 1.05 bits per heavy atom. The molecular weight excluding hydrogens is 556 g/mol. The molecule has 0 fully saturated rings. The third-order valence-electron chi connectivity index (χ3n) is 6.45. The second kappa shape index (κ2) is 9.25. The molecule has 1 aliphatic rings. The number of aliphatic hydroxyl groups is 1. The van der Waals surface area contributed by atoms with Gasteiger partial charge in [-0.3, -0.25) is 18.7 Å². The molecule has 2 N–H and O–H groups in total. The van der Waals surface area contributed by atoms with Crippen LogP contribution < -0.4 is 20.9 Å². The van der Waals surface area contributed by atoms with Crippen LogP contribution in [0.2, 0.25) is 0 Å². The SMILES string of the molecule is Cc1c(Cn2c(=O)c(OC(=O)O)cn(-c3ccc4c(c3)C(O)(C(F)(F)F)C(=O)N4C)c2=O)cccc1C(F)(F)F. The summed E-state index contributed by atoms with van der Waals surface area (Å²) >= 11 is 0. The summed E-state index contributed by atoms with van der Waals surface area (Å²) in [4.78, 5) is 50.3. The molecule has 3 aromatic rings. The number of carbonyl (C=O) groups is 2. The van der Waals surface area contributed by atoms with Gasteiger partial charge in [0.2, 0.25) is 5.75 Å². The minimum Gasteiger partial charge on any atom is -0.449 e. The fourth-order valence-electron chi connectivity index (χ4n) is 4.40. The van der Waals surface area contributed by atoms with E-state index >= 15 is 0 Å². The maximum atomic E-state index is 13.8. The molecule has 1 aliphatic heterocycles. The van der Waals surface area contributed by atoms with Crippen LogP contribution in [-0.2, 0) is 23.1 Å². The Hall–Kier alpha value is -4.60. The summed E-state index contributed by atoms with van der Waals surface area (Å²) in [6.07, 6.45) is -11.7. The first-order chi connectivity index (χ1) is 18.4. The van der Waals surface area contributed by atoms with Crippen molar-refractivity contribution in [2.45, 2.75) is 31.4 Å². The molecule has 4 rings (SSSR count). The van der Waals surface area contributed by atoms with Crippen molar-refractivity contribution >= 4 is 17.7 Å². The molecule has 0 bridgehead atoms. The predicted molar refractivity (Wildman–Crippen MR) is 124 cm³/mol. The number of aromatic nitrogens is 2. The van der Waals surface area contributed by atoms with Crippen molar-refractivity contribution in [3.63, 3.8) is 0 Å². The highest BCUT2D eigenvalue weighted by Gasteiger charge is 2.66. The first kappa shape index (κ1) is 28.4. The van der Waals surface area contributed by atoms with E-state index in [1.807, 2.05) is 0 Å². The molecule has 0 aliphatic carbocycles. The summed E-state index contributed by atoms with van der Waals surface area (Å²) in [6, 6.07) is 5.64. The fraction of sp³-hybridized carbons (Fsp3) is 0.250. The van der Waals surface area contributed by atoms with Crippen LogP contribution >= 0.6 is 0 Å². The van der Waals surface area contributed by atoms with Crippen LogP contribution in [0, 0.1) is 6.92 Å². The number of fused-ring (bicyclic) bond motifs is 1. The maximum absolute atomic E-state index is 13.8. The van der Waals surface area contributed by atoms with E-state index in [1.165, 1.54) is 6.07 Å². The molecule has 212 valence electrons. The number of likely N-dealkylation sites (N-methyl/N-ethyl adjacent to an activating group) is 1. The largest absolute Gasteiger partial charge is 0.511 e. The zero-order valence-electron chi connectivity index (χ0n) is 20.3. The Kier molecular flexibility index (Phi) is 6.57. The van der Waals surface area contributed by atoms with Crippen LogP contribution in [0.25, 0.3) is 5.69 Å². The van der Waals surface area contributed by atoms with Gasteiger partial charge in [-0.05, 0) is 42.3 Å². The lowest BCUT2D eigenvalue weighted by Crippen LogP contribution is -2.50. The first-order valence-corrected chi connectivity index (χ1v) is 11.0. The van der Waals surface area contributed by atoms with Crippen LogP contribution in [-0.4, -0.2) is 44.6 Å². The number of rotatable bonds is 4. The van der Waals surface area contributed by atoms with Crippen molar-refractivity contribution in [1.29, 1.82) is 0 Å². The number of halogens is 6. The number of anilines is 1. The number of ether oxygens (including phenoxy) is 1. The van der Waals surface area contributed by atoms with E-state index in [2.05, 4.69) is 4.74 Å². The second-order valence-electron chi connectivity index (χ2n) is 8.77. The van der Waals surface area contributed by atoms with Gasteiger partial charge in [-0.25, -0.2) is 9.59 Å². The van der Waals surface area contributed by atoms with Gasteiger partial charge < -0.3 is 19.8 Å². The van der Waals surface area contributed by atoms with E-state index in [1.54, 1.807) is 0 Å². The number of nitrogens with zero attached hydrogens (tertiary/aromatic N) is 3. The van der Waals surface area contributed by atoms with E-state index in [0.29, 0.717) is 26.3 Å². The van der Waals surface area contributed by atoms with E-state index in [4.69, 9.17) is 5.11 Å². The normalized spacial score (nSPS) is 17.2. The second-order valence-corrected chi connectivity index (χ2v) is 8.77. The highest BCUT2D eigenvalue weighted by atomic mass is 19.4. The van der Waals surface area contributed by atoms with Gasteiger partial charge in [-0.2, -0.15) is 26.3 Å². The molecular formula is C24H17F6N3O7. The number of carbonyl (C=O) groups excluding carboxylic acids is 1. The van der Waals surface area contributed by atoms with Gasteiger partial charge in [0, 0.05) is 12.6 Å². The Balaban J connectivity index is 1.96. The Morgan fingerprint density at radius 2 is 1.70 bits per heavy atom. The molecule has 1 amide bonds. The summed E-state index contributed by atoms with van der Waals surface area (Å²) in [5.41, 5.74) is -9.96. The van der Waals surface area contributed by atoms with E-state index in [0.717, 1.165) is 38.2 Å². The van der Waals surface area contributed by atoms with E-state index in [9.17, 15) is 50.6 Å². The van der Waals surface area contributed by atoms with E-state index in [-0.39, 0.29) is 16.8 Å². The van der Waals surface area contributed by atoms with Crippen LogP contribution in [0.3, 0.4) is 0 Å². The van der Waals surface area contributed by atoms with Crippen molar-refractivity contribution in [2.75, 3.05) is 11.9 Å². The lowest BCUT2D eigenvalue weighted by atomic mass is 9.94. The fourth-order valence-corrected chi connectivity index (χ4v) is 4.40. The first-order valence-electron chi connectivity index (χ1n) is 11.0. The molecule has 0 spiro atoms. The van der Waals surface area contributed by atoms with Crippen molar-refractivity contribution in [2.24, 2.45) is 0 Å². The maximum Gasteiger partial charge on any atom is 0.511 e. The van der Waals surface area contributed by atoms with E-state index < -0.39 is 70.4 Å². The summed E-state index contributed by atoms with van der Waals surface area (Å²) in [7, 11) is 0.979. The Bertz CT molecular complexity index is 1680. The van der Waals surface area contributed by atoms with Gasteiger partial charge in [0.05, 0.1) is 29.7 Å². The van der Waals surface area contributed by atoms with Crippen molar-refractivity contribution in [1.82, 2.24) is 9.13 Å². The molecule has 2 heterocycles. The number of hydrogen-bond donors (Lipinski definition) is 2. The monoisotopic (exact) mass is 573 g/mol. The zero-order valence-corrected chi connectivity index (χ0v) is 20.3. The van der Waals surface area contributed by atoms with Crippen LogP contribution in [0.5, 0.6) is 5.75 Å². The molecule has 10 nitrogen and oxygen atoms in total. The Labute approximate surface area is 218 Å². The lowest BCUT2D eigenvalue weighted by Gasteiger charge is -2.24. The smallest absolute Gasteiger partial charge is 0.449 e. The third-order valence-corrected chi connectivity index (χ3v) is 6.45. The Morgan fingerprint density at radius 3 is 2.27 bits per heavy atom. The third kappa shape index (κ3) is 4.39. The number of amides is 1. The van der Waals surface area contributed by atoms with Gasteiger partial charge in [0.15, 0.2) is 0 Å². The van der Waals surface area contributed by atoms with Gasteiger partial charge in [-0.1, -0.05) is 12.1 Å². The zero-order chi connectivity index (χ0) is 29.9. The number of hydrogen-bond acceptors (Lipinski definition) is 6. The van der Waals surface area contributed by atoms with Gasteiger partial charge in [-0.15, -0.1) is 0 Å². The summed E-state index contributed by atoms with van der Waals surface area (Å²) in [5.74, 6) is -2.73. The molecule has 1 unspecified atom stereocenters. The minimum absolute atomic E-state index is 0.152. The summed E-state index contributed by atoms with van der Waals surface area (Å²) in [6.45, 7) is 0.286. The van der Waals surface area contributed by atoms with Crippen molar-refractivity contribution in [3.05, 3.63) is 85.7 Å².